The van der Waals surface area contributed by atoms with Gasteiger partial charge in [0.2, 0.25) is 0 Å². The molecule has 0 radical (unpaired) electrons. The molecule has 0 aliphatic carbocycles. The first-order valence-corrected chi connectivity index (χ1v) is 7.67. The van der Waals surface area contributed by atoms with E-state index in [1.807, 2.05) is 53.3 Å². The lowest BCUT2D eigenvalue weighted by molar-refractivity contribution is -0.551. The average Bonchev–Trinajstić information content (AvgIpc) is 2.62. The summed E-state index contributed by atoms with van der Waals surface area (Å²) < 4.78 is 1.96. The lowest BCUT2D eigenvalue weighted by Crippen LogP contribution is -2.34. The number of hydrazone groups is 1. The van der Waals surface area contributed by atoms with Crippen LogP contribution in [0.4, 0.5) is 5.82 Å². The van der Waals surface area contributed by atoms with Crippen LogP contribution < -0.4 is 5.01 Å². The lowest BCUT2D eigenvalue weighted by Gasteiger charge is -2.19. The van der Waals surface area contributed by atoms with Crippen molar-refractivity contribution in [1.82, 2.24) is 4.98 Å². The molecule has 3 rings (SSSR count). The van der Waals surface area contributed by atoms with Crippen molar-refractivity contribution in [3.63, 3.8) is 0 Å². The number of hydrogen-bond acceptors (Lipinski definition) is 2. The van der Waals surface area contributed by atoms with Crippen LogP contribution in [0.25, 0.3) is 0 Å². The highest BCUT2D eigenvalue weighted by molar-refractivity contribution is 5.37. The van der Waals surface area contributed by atoms with E-state index in [1.54, 1.807) is 0 Å². The van der Waals surface area contributed by atoms with E-state index in [9.17, 15) is 0 Å². The second-order valence-corrected chi connectivity index (χ2v) is 5.38. The molecule has 1 aromatic heterocycles. The van der Waals surface area contributed by atoms with Crippen molar-refractivity contribution < 1.29 is 4.68 Å². The highest BCUT2D eigenvalue weighted by atomic mass is 15.6. The Balaban J connectivity index is 1.84. The van der Waals surface area contributed by atoms with Crippen LogP contribution in [-0.4, -0.2) is 16.4 Å². The summed E-state index contributed by atoms with van der Waals surface area (Å²) >= 11 is 0. The van der Waals surface area contributed by atoms with Gasteiger partial charge in [0.15, 0.2) is 19.1 Å². The fraction of sp³-hybridized carbons (Fsp3) is 0.100. The van der Waals surface area contributed by atoms with Crippen LogP contribution in [0.5, 0.6) is 0 Å². The Morgan fingerprint density at radius 2 is 1.39 bits per heavy atom. The Morgan fingerprint density at radius 3 is 2.00 bits per heavy atom. The highest BCUT2D eigenvalue weighted by Crippen LogP contribution is 2.15. The molecule has 0 N–H and O–H groups in total. The third-order valence-electron chi connectivity index (χ3n) is 3.64. The summed E-state index contributed by atoms with van der Waals surface area (Å²) in [5.41, 5.74) is 2.44. The molecule has 3 nitrogen and oxygen atoms in total. The molecule has 114 valence electrons. The van der Waals surface area contributed by atoms with Crippen LogP contribution in [-0.2, 0) is 13.1 Å². The number of aromatic nitrogens is 1. The maximum absolute atomic E-state index is 4.48. The van der Waals surface area contributed by atoms with Crippen LogP contribution in [0.2, 0.25) is 0 Å². The first-order chi connectivity index (χ1) is 11.3. The van der Waals surface area contributed by atoms with E-state index in [1.165, 1.54) is 11.1 Å². The standard InChI is InChI=1S/C20H20N3/c1-22(16-18-10-4-2-5-11-18)23(20-14-8-9-15-21-20)17-19-12-6-3-7-13-19/h2-15H,1,16-17H2/q+1. The smallest absolute Gasteiger partial charge is 0.196 e. The lowest BCUT2D eigenvalue weighted by atomic mass is 10.2. The van der Waals surface area contributed by atoms with Gasteiger partial charge < -0.3 is 0 Å². The molecule has 0 saturated carbocycles. The third kappa shape index (κ3) is 4.04. The maximum Gasteiger partial charge on any atom is 0.196 e. The van der Waals surface area contributed by atoms with E-state index in [0.717, 1.165) is 18.9 Å². The normalized spacial score (nSPS) is 10.3. The van der Waals surface area contributed by atoms with Crippen molar-refractivity contribution in [2.24, 2.45) is 0 Å². The van der Waals surface area contributed by atoms with Crippen LogP contribution >= 0.6 is 0 Å². The van der Waals surface area contributed by atoms with Gasteiger partial charge in [0.25, 0.3) is 0 Å². The molecule has 0 amide bonds. The summed E-state index contributed by atoms with van der Waals surface area (Å²) in [6.07, 6.45) is 1.81. The monoisotopic (exact) mass is 302 g/mol. The number of hydrogen-bond donors (Lipinski definition) is 0. The number of pyridine rings is 1. The second-order valence-electron chi connectivity index (χ2n) is 5.38. The Labute approximate surface area is 137 Å². The summed E-state index contributed by atoms with van der Waals surface area (Å²) in [4.78, 5) is 4.48. The molecular formula is C20H20N3+. The number of hydrazine groups is 1. The molecule has 2 aromatic carbocycles. The van der Waals surface area contributed by atoms with Gasteiger partial charge in [-0.3, -0.25) is 0 Å². The topological polar surface area (TPSA) is 19.1 Å². The first kappa shape index (κ1) is 15.0. The SMILES string of the molecule is C=[N+](Cc1ccccc1)N(Cc1ccccc1)c1ccccn1. The Kier molecular flexibility index (Phi) is 4.79. The van der Waals surface area contributed by atoms with Gasteiger partial charge in [0.1, 0.15) is 6.54 Å². The summed E-state index contributed by atoms with van der Waals surface area (Å²) in [5, 5.41) is 2.10. The van der Waals surface area contributed by atoms with E-state index in [0.29, 0.717) is 0 Å². The van der Waals surface area contributed by atoms with Crippen molar-refractivity contribution in [1.29, 1.82) is 0 Å². The fourth-order valence-corrected chi connectivity index (χ4v) is 2.47. The molecule has 0 bridgehead atoms. The number of benzene rings is 2. The Hall–Kier alpha value is -2.94. The van der Waals surface area contributed by atoms with Gasteiger partial charge in [-0.25, -0.2) is 4.98 Å². The van der Waals surface area contributed by atoms with E-state index in [2.05, 4.69) is 53.1 Å². The molecule has 0 aliphatic heterocycles. The molecule has 0 saturated heterocycles. The molecule has 23 heavy (non-hydrogen) atoms. The summed E-state index contributed by atoms with van der Waals surface area (Å²) in [6, 6.07) is 26.6. The van der Waals surface area contributed by atoms with E-state index < -0.39 is 0 Å². The van der Waals surface area contributed by atoms with Crippen molar-refractivity contribution in [2.75, 3.05) is 5.01 Å². The van der Waals surface area contributed by atoms with Crippen molar-refractivity contribution in [3.8, 4) is 0 Å². The zero-order valence-electron chi connectivity index (χ0n) is 13.0. The Bertz CT molecular complexity index is 740. The van der Waals surface area contributed by atoms with E-state index in [4.69, 9.17) is 0 Å². The molecule has 3 heteroatoms. The van der Waals surface area contributed by atoms with Gasteiger partial charge in [0.05, 0.1) is 0 Å². The molecule has 3 aromatic rings. The Morgan fingerprint density at radius 1 is 0.783 bits per heavy atom. The third-order valence-corrected chi connectivity index (χ3v) is 3.64. The van der Waals surface area contributed by atoms with Crippen molar-refractivity contribution in [2.45, 2.75) is 13.1 Å². The van der Waals surface area contributed by atoms with Gasteiger partial charge in [-0.1, -0.05) is 66.7 Å². The molecular weight excluding hydrogens is 282 g/mol. The summed E-state index contributed by atoms with van der Waals surface area (Å²) in [6.45, 7) is 5.68. The van der Waals surface area contributed by atoms with Gasteiger partial charge >= 0.3 is 0 Å². The van der Waals surface area contributed by atoms with E-state index in [-0.39, 0.29) is 0 Å². The molecule has 0 aliphatic rings. The van der Waals surface area contributed by atoms with Gasteiger partial charge in [-0.15, -0.1) is 9.69 Å². The molecule has 0 fully saturated rings. The molecule has 0 spiro atoms. The van der Waals surface area contributed by atoms with Crippen LogP contribution in [0.15, 0.2) is 85.1 Å². The first-order valence-electron chi connectivity index (χ1n) is 7.67. The summed E-state index contributed by atoms with van der Waals surface area (Å²) in [7, 11) is 0. The van der Waals surface area contributed by atoms with Crippen molar-refractivity contribution >= 4 is 12.5 Å². The van der Waals surface area contributed by atoms with E-state index >= 15 is 0 Å². The zero-order valence-corrected chi connectivity index (χ0v) is 13.0. The van der Waals surface area contributed by atoms with Gasteiger partial charge in [0, 0.05) is 11.8 Å². The predicted molar refractivity (Wildman–Crippen MR) is 94.4 cm³/mol. The average molecular weight is 302 g/mol. The van der Waals surface area contributed by atoms with Crippen LogP contribution in [0.3, 0.4) is 0 Å². The quantitative estimate of drug-likeness (QED) is 0.390. The molecule has 0 unspecified atom stereocenters. The fourth-order valence-electron chi connectivity index (χ4n) is 2.47. The largest absolute Gasteiger partial charge is 0.234 e. The van der Waals surface area contributed by atoms with Crippen LogP contribution in [0, 0.1) is 0 Å². The minimum Gasteiger partial charge on any atom is -0.234 e. The molecule has 1 heterocycles. The minimum absolute atomic E-state index is 0.726. The van der Waals surface area contributed by atoms with Gasteiger partial charge in [-0.05, 0) is 17.7 Å². The van der Waals surface area contributed by atoms with Crippen LogP contribution in [0.1, 0.15) is 11.1 Å². The zero-order chi connectivity index (χ0) is 15.9. The number of rotatable bonds is 6. The number of anilines is 1. The van der Waals surface area contributed by atoms with Crippen molar-refractivity contribution in [3.05, 3.63) is 96.2 Å². The predicted octanol–water partition coefficient (Wildman–Crippen LogP) is 3.92. The highest BCUT2D eigenvalue weighted by Gasteiger charge is 2.18. The number of nitrogens with zero attached hydrogens (tertiary/aromatic N) is 3. The molecule has 0 atom stereocenters. The second kappa shape index (κ2) is 7.36. The maximum atomic E-state index is 4.48. The van der Waals surface area contributed by atoms with Gasteiger partial charge in [-0.2, -0.15) is 0 Å². The summed E-state index contributed by atoms with van der Waals surface area (Å²) in [5.74, 6) is 0.891. The minimum atomic E-state index is 0.726.